The summed E-state index contributed by atoms with van der Waals surface area (Å²) in [6.07, 6.45) is 0.195. The number of carbonyl (C=O) groups excluding carboxylic acids is 1. The number of hydrogen-bond acceptors (Lipinski definition) is 5. The molecular weight excluding hydrogens is 493 g/mol. The molecule has 0 fully saturated rings. The molecule has 0 atom stereocenters. The molecule has 1 amide bonds. The van der Waals surface area contributed by atoms with Crippen molar-refractivity contribution in [1.29, 1.82) is 0 Å². The first-order valence-electron chi connectivity index (χ1n) is 12.3. The van der Waals surface area contributed by atoms with Crippen molar-refractivity contribution in [1.82, 2.24) is 14.9 Å². The van der Waals surface area contributed by atoms with E-state index in [2.05, 4.69) is 9.97 Å². The Kier molecular flexibility index (Phi) is 6.49. The Morgan fingerprint density at radius 2 is 1.86 bits per heavy atom. The average Bonchev–Trinajstić information content (AvgIpc) is 3.13. The van der Waals surface area contributed by atoms with Crippen LogP contribution < -0.4 is 4.74 Å². The number of nitrogens with zero attached hydrogens (tertiary/aromatic N) is 2. The van der Waals surface area contributed by atoms with Gasteiger partial charge in [-0.15, -0.1) is 0 Å². The largest absolute Gasteiger partial charge is 0.491 e. The van der Waals surface area contributed by atoms with Gasteiger partial charge in [-0.1, -0.05) is 26.0 Å². The third-order valence-corrected chi connectivity index (χ3v) is 8.51. The lowest BCUT2D eigenvalue weighted by molar-refractivity contribution is 0.0731. The van der Waals surface area contributed by atoms with Crippen LogP contribution in [0.1, 0.15) is 41.2 Å². The van der Waals surface area contributed by atoms with Crippen molar-refractivity contribution >= 4 is 26.8 Å². The van der Waals surface area contributed by atoms with Crippen LogP contribution in [0.3, 0.4) is 0 Å². The molecule has 192 valence electrons. The molecule has 5 rings (SSSR count). The predicted octanol–water partition coefficient (Wildman–Crippen LogP) is 5.07. The number of imidazole rings is 1. The number of H-pyrrole nitrogens is 1. The predicted molar refractivity (Wildman–Crippen MR) is 140 cm³/mol. The Morgan fingerprint density at radius 3 is 2.62 bits per heavy atom. The smallest absolute Gasteiger partial charge is 0.254 e. The van der Waals surface area contributed by atoms with E-state index in [0.717, 1.165) is 33.5 Å². The number of nitrogens with one attached hydrogen (secondary N) is 1. The van der Waals surface area contributed by atoms with E-state index in [1.165, 1.54) is 19.1 Å². The van der Waals surface area contributed by atoms with Crippen LogP contribution in [0.4, 0.5) is 4.39 Å². The number of sulfone groups is 1. The number of benzene rings is 3. The van der Waals surface area contributed by atoms with Gasteiger partial charge < -0.3 is 14.6 Å². The Morgan fingerprint density at radius 1 is 1.11 bits per heavy atom. The van der Waals surface area contributed by atoms with E-state index in [0.29, 0.717) is 18.9 Å². The highest BCUT2D eigenvalue weighted by Crippen LogP contribution is 2.32. The monoisotopic (exact) mass is 521 g/mol. The molecular formula is C28H28FN3O4S. The molecule has 0 saturated heterocycles. The zero-order valence-corrected chi connectivity index (χ0v) is 21.8. The Labute approximate surface area is 215 Å². The molecule has 1 aliphatic heterocycles. The van der Waals surface area contributed by atoms with Gasteiger partial charge in [-0.3, -0.25) is 4.79 Å². The summed E-state index contributed by atoms with van der Waals surface area (Å²) < 4.78 is 45.8. The van der Waals surface area contributed by atoms with Gasteiger partial charge in [0.25, 0.3) is 5.91 Å². The van der Waals surface area contributed by atoms with Gasteiger partial charge in [0.15, 0.2) is 9.84 Å². The second-order valence-electron chi connectivity index (χ2n) is 9.11. The third kappa shape index (κ3) is 4.59. The summed E-state index contributed by atoms with van der Waals surface area (Å²) in [5, 5.41) is 0. The summed E-state index contributed by atoms with van der Waals surface area (Å²) >= 11 is 0. The van der Waals surface area contributed by atoms with Crippen LogP contribution in [0.15, 0.2) is 53.4 Å². The van der Waals surface area contributed by atoms with Crippen molar-refractivity contribution in [2.75, 3.05) is 18.9 Å². The summed E-state index contributed by atoms with van der Waals surface area (Å²) in [7, 11) is -3.74. The van der Waals surface area contributed by atoms with Crippen LogP contribution in [0, 0.1) is 12.7 Å². The molecule has 3 aromatic carbocycles. The molecule has 9 heteroatoms. The fourth-order valence-electron chi connectivity index (χ4n) is 4.78. The molecule has 37 heavy (non-hydrogen) atoms. The second-order valence-corrected chi connectivity index (χ2v) is 11.4. The van der Waals surface area contributed by atoms with Crippen LogP contribution >= 0.6 is 0 Å². The number of aromatic nitrogens is 2. The topological polar surface area (TPSA) is 92.4 Å². The molecule has 1 N–H and O–H groups in total. The minimum atomic E-state index is -3.74. The van der Waals surface area contributed by atoms with Crippen molar-refractivity contribution in [3.8, 4) is 16.9 Å². The molecule has 0 unspecified atom stereocenters. The van der Waals surface area contributed by atoms with E-state index in [9.17, 15) is 13.2 Å². The Bertz CT molecular complexity index is 1630. The van der Waals surface area contributed by atoms with E-state index < -0.39 is 15.7 Å². The molecule has 2 heterocycles. The van der Waals surface area contributed by atoms with Crippen molar-refractivity contribution in [3.05, 3.63) is 76.9 Å². The minimum Gasteiger partial charge on any atom is -0.491 e. The number of aryl methyl sites for hydroxylation is 1. The van der Waals surface area contributed by atoms with Crippen molar-refractivity contribution < 1.29 is 22.3 Å². The molecule has 0 spiro atoms. The van der Waals surface area contributed by atoms with Crippen LogP contribution in [-0.4, -0.2) is 48.1 Å². The van der Waals surface area contributed by atoms with E-state index >= 15 is 4.39 Å². The van der Waals surface area contributed by atoms with Gasteiger partial charge in [0, 0.05) is 23.2 Å². The molecule has 0 saturated carbocycles. The maximum atomic E-state index is 15.2. The number of rotatable bonds is 5. The summed E-state index contributed by atoms with van der Waals surface area (Å²) in [5.74, 6) is 0.139. The average molecular weight is 522 g/mol. The van der Waals surface area contributed by atoms with E-state index in [1.807, 2.05) is 43.3 Å². The second kappa shape index (κ2) is 9.63. The van der Waals surface area contributed by atoms with Gasteiger partial charge in [0.1, 0.15) is 28.9 Å². The van der Waals surface area contributed by atoms with Crippen LogP contribution in [-0.2, 0) is 22.8 Å². The standard InChI is InChI=1S/C28H28FN3O4S/c1-4-21-22(8-11-26(27(21)29)37(34,35)5-2)28(33)32-12-13-36-25-10-7-18(14-20(25)16-32)19-6-9-23-24(15-19)31-17(3)30-23/h6-11,14-15H,4-5,12-13,16H2,1-3H3,(H,30,31). The highest BCUT2D eigenvalue weighted by atomic mass is 32.2. The van der Waals surface area contributed by atoms with Gasteiger partial charge in [-0.05, 0) is 60.9 Å². The zero-order chi connectivity index (χ0) is 26.3. The molecule has 4 aromatic rings. The van der Waals surface area contributed by atoms with Crippen molar-refractivity contribution in [2.45, 2.75) is 38.6 Å². The Hall–Kier alpha value is -3.72. The number of fused-ring (bicyclic) bond motifs is 2. The van der Waals surface area contributed by atoms with Gasteiger partial charge in [0.05, 0.1) is 23.3 Å². The maximum Gasteiger partial charge on any atom is 0.254 e. The van der Waals surface area contributed by atoms with E-state index in [-0.39, 0.29) is 40.6 Å². The number of ether oxygens (including phenoxy) is 1. The SMILES string of the molecule is CCc1c(C(=O)N2CCOc3ccc(-c4ccc5nc(C)[nH]c5c4)cc3C2)ccc(S(=O)(=O)CC)c1F. The normalized spacial score (nSPS) is 13.8. The third-order valence-electron chi connectivity index (χ3n) is 6.77. The van der Waals surface area contributed by atoms with Gasteiger partial charge >= 0.3 is 0 Å². The van der Waals surface area contributed by atoms with Crippen LogP contribution in [0.2, 0.25) is 0 Å². The highest BCUT2D eigenvalue weighted by Gasteiger charge is 2.27. The lowest BCUT2D eigenvalue weighted by Gasteiger charge is -2.22. The van der Waals surface area contributed by atoms with Gasteiger partial charge in [0.2, 0.25) is 0 Å². The molecule has 1 aliphatic rings. The number of hydrogen-bond donors (Lipinski definition) is 1. The van der Waals surface area contributed by atoms with Crippen molar-refractivity contribution in [2.24, 2.45) is 0 Å². The quantitative estimate of drug-likeness (QED) is 0.396. The van der Waals surface area contributed by atoms with E-state index in [1.54, 1.807) is 11.8 Å². The summed E-state index contributed by atoms with van der Waals surface area (Å²) in [6.45, 7) is 6.00. The van der Waals surface area contributed by atoms with Crippen LogP contribution in [0.5, 0.6) is 5.75 Å². The molecule has 1 aromatic heterocycles. The first-order valence-corrected chi connectivity index (χ1v) is 13.9. The fourth-order valence-corrected chi connectivity index (χ4v) is 5.76. The van der Waals surface area contributed by atoms with Gasteiger partial charge in [-0.25, -0.2) is 17.8 Å². The van der Waals surface area contributed by atoms with Crippen LogP contribution in [0.25, 0.3) is 22.2 Å². The molecule has 0 bridgehead atoms. The fraction of sp³-hybridized carbons (Fsp3) is 0.286. The lowest BCUT2D eigenvalue weighted by atomic mass is 10.0. The highest BCUT2D eigenvalue weighted by molar-refractivity contribution is 7.91. The number of carbonyl (C=O) groups is 1. The van der Waals surface area contributed by atoms with E-state index in [4.69, 9.17) is 4.74 Å². The summed E-state index contributed by atoms with van der Waals surface area (Å²) in [6, 6.07) is 14.5. The molecule has 0 radical (unpaired) electrons. The first-order chi connectivity index (χ1) is 17.7. The molecule has 7 nitrogen and oxygen atoms in total. The summed E-state index contributed by atoms with van der Waals surface area (Å²) in [4.78, 5) is 22.5. The molecule has 0 aliphatic carbocycles. The first kappa shape index (κ1) is 25.0. The van der Waals surface area contributed by atoms with Crippen molar-refractivity contribution in [3.63, 3.8) is 0 Å². The zero-order valence-electron chi connectivity index (χ0n) is 21.0. The summed E-state index contributed by atoms with van der Waals surface area (Å²) in [5.41, 5.74) is 4.95. The minimum absolute atomic E-state index is 0.113. The lowest BCUT2D eigenvalue weighted by Crippen LogP contribution is -2.33. The maximum absolute atomic E-state index is 15.2. The number of halogens is 1. The number of amides is 1. The Balaban J connectivity index is 1.48. The number of aromatic amines is 1. The van der Waals surface area contributed by atoms with Gasteiger partial charge in [-0.2, -0.15) is 0 Å².